The summed E-state index contributed by atoms with van der Waals surface area (Å²) in [5.41, 5.74) is -0.393. The maximum atomic E-state index is 10.3. The number of ether oxygens (including phenoxy) is 1. The van der Waals surface area contributed by atoms with Crippen molar-refractivity contribution in [1.82, 2.24) is 4.90 Å². The molecule has 0 unspecified atom stereocenters. The number of β-amino-alcohol motifs (C(OH)–C–C–N with tert-alkyl or cyclic N) is 1. The van der Waals surface area contributed by atoms with E-state index in [0.29, 0.717) is 6.10 Å². The van der Waals surface area contributed by atoms with E-state index in [-0.39, 0.29) is 0 Å². The quantitative estimate of drug-likeness (QED) is 0.766. The lowest BCUT2D eigenvalue weighted by Gasteiger charge is -2.44. The van der Waals surface area contributed by atoms with E-state index in [1.54, 1.807) is 0 Å². The Morgan fingerprint density at radius 2 is 1.93 bits per heavy atom. The molecular weight excluding hydrogens is 190 g/mol. The van der Waals surface area contributed by atoms with Gasteiger partial charge in [-0.1, -0.05) is 19.3 Å². The summed E-state index contributed by atoms with van der Waals surface area (Å²) in [7, 11) is 0. The van der Waals surface area contributed by atoms with Gasteiger partial charge in [0.1, 0.15) is 0 Å². The first kappa shape index (κ1) is 11.4. The fourth-order valence-electron chi connectivity index (χ4n) is 2.78. The molecule has 2 fully saturated rings. The zero-order valence-corrected chi connectivity index (χ0v) is 9.74. The van der Waals surface area contributed by atoms with Crippen molar-refractivity contribution in [2.45, 2.75) is 50.7 Å². The van der Waals surface area contributed by atoms with Gasteiger partial charge >= 0.3 is 0 Å². The molecule has 0 aromatic carbocycles. The third-order valence-electron chi connectivity index (χ3n) is 3.63. The van der Waals surface area contributed by atoms with Crippen molar-refractivity contribution in [3.63, 3.8) is 0 Å². The van der Waals surface area contributed by atoms with Crippen molar-refractivity contribution in [2.24, 2.45) is 0 Å². The van der Waals surface area contributed by atoms with Crippen LogP contribution in [0.4, 0.5) is 0 Å². The Hall–Kier alpha value is -0.120. The predicted octanol–water partition coefficient (Wildman–Crippen LogP) is 1.40. The van der Waals surface area contributed by atoms with E-state index in [1.165, 1.54) is 19.3 Å². The van der Waals surface area contributed by atoms with Crippen LogP contribution in [-0.4, -0.2) is 48.0 Å². The molecule has 0 aromatic rings. The van der Waals surface area contributed by atoms with E-state index >= 15 is 0 Å². The molecule has 15 heavy (non-hydrogen) atoms. The molecule has 88 valence electrons. The molecule has 1 saturated heterocycles. The van der Waals surface area contributed by atoms with Gasteiger partial charge in [0.25, 0.3) is 0 Å². The first-order chi connectivity index (χ1) is 7.22. The number of hydrogen-bond acceptors (Lipinski definition) is 3. The lowest BCUT2D eigenvalue weighted by molar-refractivity contribution is -0.0954. The van der Waals surface area contributed by atoms with Crippen molar-refractivity contribution < 1.29 is 9.84 Å². The van der Waals surface area contributed by atoms with Crippen LogP contribution in [0.2, 0.25) is 0 Å². The van der Waals surface area contributed by atoms with E-state index in [9.17, 15) is 5.11 Å². The Kier molecular flexibility index (Phi) is 3.65. The molecule has 0 radical (unpaired) electrons. The summed E-state index contributed by atoms with van der Waals surface area (Å²) in [6, 6.07) is 0. The highest BCUT2D eigenvalue weighted by Crippen LogP contribution is 2.30. The molecule has 1 aliphatic carbocycles. The lowest BCUT2D eigenvalue weighted by atomic mass is 9.84. The summed E-state index contributed by atoms with van der Waals surface area (Å²) >= 11 is 0. The maximum Gasteiger partial charge on any atom is 0.0828 e. The lowest BCUT2D eigenvalue weighted by Crippen LogP contribution is -2.57. The van der Waals surface area contributed by atoms with E-state index in [0.717, 1.165) is 39.1 Å². The van der Waals surface area contributed by atoms with Gasteiger partial charge in [-0.25, -0.2) is 0 Å². The second-order valence-corrected chi connectivity index (χ2v) is 5.06. The molecular formula is C12H23NO2. The second-order valence-electron chi connectivity index (χ2n) is 5.06. The SMILES string of the molecule is CCOC1CN(CC2(O)CCCCC2)C1. The maximum absolute atomic E-state index is 10.3. The molecule has 1 saturated carbocycles. The van der Waals surface area contributed by atoms with E-state index in [2.05, 4.69) is 4.90 Å². The third kappa shape index (κ3) is 2.92. The van der Waals surface area contributed by atoms with Crippen LogP contribution < -0.4 is 0 Å². The topological polar surface area (TPSA) is 32.7 Å². The Labute approximate surface area is 92.4 Å². The van der Waals surface area contributed by atoms with Crippen LogP contribution >= 0.6 is 0 Å². The number of aliphatic hydroxyl groups is 1. The van der Waals surface area contributed by atoms with Gasteiger partial charge in [-0.15, -0.1) is 0 Å². The van der Waals surface area contributed by atoms with Gasteiger partial charge in [-0.3, -0.25) is 4.90 Å². The summed E-state index contributed by atoms with van der Waals surface area (Å²) in [6.07, 6.45) is 6.08. The van der Waals surface area contributed by atoms with Crippen molar-refractivity contribution in [1.29, 1.82) is 0 Å². The smallest absolute Gasteiger partial charge is 0.0828 e. The third-order valence-corrected chi connectivity index (χ3v) is 3.63. The summed E-state index contributed by atoms with van der Waals surface area (Å²) in [5.74, 6) is 0. The fourth-order valence-corrected chi connectivity index (χ4v) is 2.78. The van der Waals surface area contributed by atoms with Crippen LogP contribution in [0.3, 0.4) is 0 Å². The number of likely N-dealkylation sites (tertiary alicyclic amines) is 1. The monoisotopic (exact) mass is 213 g/mol. The Bertz CT molecular complexity index is 196. The van der Waals surface area contributed by atoms with Crippen LogP contribution in [0.15, 0.2) is 0 Å². The highest BCUT2D eigenvalue weighted by atomic mass is 16.5. The largest absolute Gasteiger partial charge is 0.389 e. The minimum Gasteiger partial charge on any atom is -0.389 e. The van der Waals surface area contributed by atoms with Gasteiger partial charge in [-0.2, -0.15) is 0 Å². The summed E-state index contributed by atoms with van der Waals surface area (Å²) < 4.78 is 5.51. The minimum absolute atomic E-state index is 0.393. The molecule has 0 atom stereocenters. The summed E-state index contributed by atoms with van der Waals surface area (Å²) in [4.78, 5) is 2.33. The van der Waals surface area contributed by atoms with Crippen LogP contribution in [-0.2, 0) is 4.74 Å². The second kappa shape index (κ2) is 4.81. The average molecular weight is 213 g/mol. The highest BCUT2D eigenvalue weighted by Gasteiger charge is 2.36. The van der Waals surface area contributed by atoms with E-state index in [4.69, 9.17) is 4.74 Å². The standard InChI is InChI=1S/C12H23NO2/c1-2-15-11-8-13(9-11)10-12(14)6-4-3-5-7-12/h11,14H,2-10H2,1H3. The Balaban J connectivity index is 1.69. The normalized spacial score (nSPS) is 27.6. The average Bonchev–Trinajstić information content (AvgIpc) is 2.16. The molecule has 0 bridgehead atoms. The molecule has 0 aromatic heterocycles. The zero-order valence-electron chi connectivity index (χ0n) is 9.74. The fraction of sp³-hybridized carbons (Fsp3) is 1.00. The molecule has 2 aliphatic rings. The molecule has 3 heteroatoms. The predicted molar refractivity (Wildman–Crippen MR) is 59.9 cm³/mol. The van der Waals surface area contributed by atoms with E-state index in [1.807, 2.05) is 6.92 Å². The van der Waals surface area contributed by atoms with E-state index < -0.39 is 5.60 Å². The van der Waals surface area contributed by atoms with Crippen LogP contribution in [0.1, 0.15) is 39.0 Å². The van der Waals surface area contributed by atoms with Crippen molar-refractivity contribution in [3.8, 4) is 0 Å². The van der Waals surface area contributed by atoms with Gasteiger partial charge in [0.2, 0.25) is 0 Å². The number of nitrogens with zero attached hydrogens (tertiary/aromatic N) is 1. The van der Waals surface area contributed by atoms with Gasteiger partial charge < -0.3 is 9.84 Å². The number of hydrogen-bond donors (Lipinski definition) is 1. The molecule has 0 amide bonds. The molecule has 1 aliphatic heterocycles. The first-order valence-corrected chi connectivity index (χ1v) is 6.28. The summed E-state index contributed by atoms with van der Waals surface area (Å²) in [6.45, 7) is 5.73. The molecule has 1 heterocycles. The molecule has 0 spiro atoms. The molecule has 2 rings (SSSR count). The van der Waals surface area contributed by atoms with Gasteiger partial charge in [-0.05, 0) is 19.8 Å². The highest BCUT2D eigenvalue weighted by molar-refractivity contribution is 4.90. The Morgan fingerprint density at radius 3 is 2.53 bits per heavy atom. The summed E-state index contributed by atoms with van der Waals surface area (Å²) in [5, 5.41) is 10.3. The molecule has 1 N–H and O–H groups in total. The van der Waals surface area contributed by atoms with Crippen LogP contribution in [0.5, 0.6) is 0 Å². The van der Waals surface area contributed by atoms with Crippen molar-refractivity contribution in [2.75, 3.05) is 26.2 Å². The molecule has 3 nitrogen and oxygen atoms in total. The van der Waals surface area contributed by atoms with Crippen LogP contribution in [0, 0.1) is 0 Å². The van der Waals surface area contributed by atoms with Crippen molar-refractivity contribution in [3.05, 3.63) is 0 Å². The Morgan fingerprint density at radius 1 is 1.27 bits per heavy atom. The van der Waals surface area contributed by atoms with Crippen LogP contribution in [0.25, 0.3) is 0 Å². The first-order valence-electron chi connectivity index (χ1n) is 6.28. The minimum atomic E-state index is -0.393. The van der Waals surface area contributed by atoms with Crippen molar-refractivity contribution >= 4 is 0 Å². The van der Waals surface area contributed by atoms with Gasteiger partial charge in [0.15, 0.2) is 0 Å². The van der Waals surface area contributed by atoms with Gasteiger partial charge in [0, 0.05) is 26.2 Å². The zero-order chi connectivity index (χ0) is 10.7. The van der Waals surface area contributed by atoms with Gasteiger partial charge in [0.05, 0.1) is 11.7 Å². The number of rotatable bonds is 4.